The molecular formula is C16H19N3O5. The lowest BCUT2D eigenvalue weighted by atomic mass is 10.1. The van der Waals surface area contributed by atoms with Gasteiger partial charge in [-0.25, -0.2) is 9.59 Å². The molecule has 0 spiro atoms. The van der Waals surface area contributed by atoms with Gasteiger partial charge < -0.3 is 14.6 Å². The van der Waals surface area contributed by atoms with Gasteiger partial charge >= 0.3 is 12.1 Å². The van der Waals surface area contributed by atoms with Crippen molar-refractivity contribution in [2.75, 3.05) is 12.4 Å². The van der Waals surface area contributed by atoms with Crippen LogP contribution in [0.5, 0.6) is 5.75 Å². The molecule has 2 aromatic rings. The molecular weight excluding hydrogens is 314 g/mol. The molecule has 0 aliphatic heterocycles. The van der Waals surface area contributed by atoms with Crippen molar-refractivity contribution in [3.63, 3.8) is 0 Å². The first kappa shape index (κ1) is 17.3. The molecule has 128 valence electrons. The van der Waals surface area contributed by atoms with E-state index in [1.807, 2.05) is 0 Å². The summed E-state index contributed by atoms with van der Waals surface area (Å²) in [6, 6.07) is 4.82. The number of carbonyl (C=O) groups is 2. The molecule has 1 aromatic carbocycles. The number of H-pyrrole nitrogens is 1. The number of aromatic nitrogens is 2. The van der Waals surface area contributed by atoms with Crippen LogP contribution >= 0.6 is 0 Å². The maximum Gasteiger partial charge on any atom is 0.412 e. The minimum Gasteiger partial charge on any atom is -0.496 e. The number of carboxylic acid groups (broad SMARTS) is 1. The first-order chi connectivity index (χ1) is 11.2. The number of rotatable bonds is 4. The molecule has 0 fully saturated rings. The Morgan fingerprint density at radius 2 is 2.00 bits per heavy atom. The van der Waals surface area contributed by atoms with Crippen molar-refractivity contribution in [3.8, 4) is 17.0 Å². The number of aromatic carboxylic acids is 1. The lowest BCUT2D eigenvalue weighted by Gasteiger charge is -2.20. The van der Waals surface area contributed by atoms with Gasteiger partial charge in [0.2, 0.25) is 0 Å². The summed E-state index contributed by atoms with van der Waals surface area (Å²) in [5.41, 5.74) is 0.716. The predicted molar refractivity (Wildman–Crippen MR) is 87.4 cm³/mol. The summed E-state index contributed by atoms with van der Waals surface area (Å²) < 4.78 is 10.5. The second-order valence-corrected chi connectivity index (χ2v) is 6.01. The number of methoxy groups -OCH3 is 1. The van der Waals surface area contributed by atoms with Gasteiger partial charge in [-0.1, -0.05) is 0 Å². The van der Waals surface area contributed by atoms with Crippen molar-refractivity contribution in [1.29, 1.82) is 0 Å². The largest absolute Gasteiger partial charge is 0.496 e. The Balaban J connectivity index is 2.30. The van der Waals surface area contributed by atoms with Gasteiger partial charge in [0.25, 0.3) is 0 Å². The molecule has 1 heterocycles. The minimum atomic E-state index is -1.10. The fraction of sp³-hybridized carbons (Fsp3) is 0.312. The van der Waals surface area contributed by atoms with Gasteiger partial charge in [-0.2, -0.15) is 5.10 Å². The van der Waals surface area contributed by atoms with E-state index >= 15 is 0 Å². The predicted octanol–water partition coefficient (Wildman–Crippen LogP) is 3.13. The maximum atomic E-state index is 11.8. The average Bonchev–Trinajstić information content (AvgIpc) is 2.94. The second-order valence-electron chi connectivity index (χ2n) is 6.01. The number of aromatic amines is 1. The molecule has 0 aliphatic rings. The van der Waals surface area contributed by atoms with Crippen LogP contribution in [-0.2, 0) is 4.74 Å². The van der Waals surface area contributed by atoms with E-state index in [4.69, 9.17) is 9.47 Å². The number of amides is 1. The molecule has 0 radical (unpaired) electrons. The molecule has 8 nitrogen and oxygen atoms in total. The van der Waals surface area contributed by atoms with Crippen LogP contribution in [0.4, 0.5) is 10.5 Å². The van der Waals surface area contributed by atoms with E-state index in [1.165, 1.54) is 13.3 Å². The average molecular weight is 333 g/mol. The summed E-state index contributed by atoms with van der Waals surface area (Å²) in [5, 5.41) is 18.2. The number of hydrogen-bond acceptors (Lipinski definition) is 5. The molecule has 0 saturated carbocycles. The number of nitrogens with one attached hydrogen (secondary N) is 2. The van der Waals surface area contributed by atoms with E-state index in [0.717, 1.165) is 0 Å². The van der Waals surface area contributed by atoms with Crippen LogP contribution in [0, 0.1) is 0 Å². The van der Waals surface area contributed by atoms with Gasteiger partial charge in [0.15, 0.2) is 0 Å². The first-order valence-corrected chi connectivity index (χ1v) is 7.16. The Hall–Kier alpha value is -3.03. The highest BCUT2D eigenvalue weighted by atomic mass is 16.6. The molecule has 0 bridgehead atoms. The molecule has 2 rings (SSSR count). The normalized spacial score (nSPS) is 11.0. The van der Waals surface area contributed by atoms with E-state index in [9.17, 15) is 14.7 Å². The van der Waals surface area contributed by atoms with Crippen LogP contribution in [0.15, 0.2) is 24.4 Å². The quantitative estimate of drug-likeness (QED) is 0.792. The molecule has 3 N–H and O–H groups in total. The van der Waals surface area contributed by atoms with Gasteiger partial charge in [-0.3, -0.25) is 10.4 Å². The Kier molecular flexibility index (Phi) is 4.77. The molecule has 0 atom stereocenters. The summed E-state index contributed by atoms with van der Waals surface area (Å²) in [4.78, 5) is 23.0. The fourth-order valence-electron chi connectivity index (χ4n) is 2.05. The van der Waals surface area contributed by atoms with Gasteiger partial charge in [0.05, 0.1) is 19.0 Å². The lowest BCUT2D eigenvalue weighted by Crippen LogP contribution is -2.27. The Labute approximate surface area is 138 Å². The molecule has 0 unspecified atom stereocenters. The third-order valence-electron chi connectivity index (χ3n) is 2.99. The zero-order valence-electron chi connectivity index (χ0n) is 13.8. The Bertz CT molecular complexity index is 761. The fourth-order valence-corrected chi connectivity index (χ4v) is 2.05. The summed E-state index contributed by atoms with van der Waals surface area (Å²) >= 11 is 0. The van der Waals surface area contributed by atoms with Gasteiger partial charge in [-0.15, -0.1) is 0 Å². The SMILES string of the molecule is COc1cc(NC(=O)OC(C)(C)C)ccc1-c1[nH]ncc1C(=O)O. The number of benzene rings is 1. The van der Waals surface area contributed by atoms with Crippen LogP contribution < -0.4 is 10.1 Å². The zero-order valence-corrected chi connectivity index (χ0v) is 13.8. The monoisotopic (exact) mass is 333 g/mol. The first-order valence-electron chi connectivity index (χ1n) is 7.16. The van der Waals surface area contributed by atoms with Gasteiger partial charge in [0.1, 0.15) is 16.9 Å². The summed E-state index contributed by atoms with van der Waals surface area (Å²) in [7, 11) is 1.45. The molecule has 8 heteroatoms. The van der Waals surface area contributed by atoms with Crippen molar-refractivity contribution >= 4 is 17.7 Å². The van der Waals surface area contributed by atoms with Crippen molar-refractivity contribution in [3.05, 3.63) is 30.0 Å². The third kappa shape index (κ3) is 4.03. The van der Waals surface area contributed by atoms with E-state index in [1.54, 1.807) is 39.0 Å². The number of hydrogen-bond donors (Lipinski definition) is 3. The zero-order chi connectivity index (χ0) is 17.9. The van der Waals surface area contributed by atoms with Crippen LogP contribution in [0.1, 0.15) is 31.1 Å². The van der Waals surface area contributed by atoms with Crippen molar-refractivity contribution in [2.24, 2.45) is 0 Å². The highest BCUT2D eigenvalue weighted by Gasteiger charge is 2.19. The summed E-state index contributed by atoms with van der Waals surface area (Å²) in [5.74, 6) is -0.716. The van der Waals surface area contributed by atoms with Crippen LogP contribution in [0.25, 0.3) is 11.3 Å². The smallest absolute Gasteiger partial charge is 0.412 e. The van der Waals surface area contributed by atoms with Crippen LogP contribution in [0.2, 0.25) is 0 Å². The van der Waals surface area contributed by atoms with Gasteiger partial charge in [0, 0.05) is 17.3 Å². The molecule has 1 amide bonds. The maximum absolute atomic E-state index is 11.8. The van der Waals surface area contributed by atoms with E-state index in [0.29, 0.717) is 22.7 Å². The van der Waals surface area contributed by atoms with Crippen molar-refractivity contribution in [2.45, 2.75) is 26.4 Å². The van der Waals surface area contributed by atoms with Crippen LogP contribution in [-0.4, -0.2) is 40.1 Å². The molecule has 24 heavy (non-hydrogen) atoms. The third-order valence-corrected chi connectivity index (χ3v) is 2.99. The lowest BCUT2D eigenvalue weighted by molar-refractivity contribution is 0.0634. The summed E-state index contributed by atoms with van der Waals surface area (Å²) in [6.07, 6.45) is 0.634. The number of carbonyl (C=O) groups excluding carboxylic acids is 1. The standard InChI is InChI=1S/C16H19N3O5/c1-16(2,3)24-15(22)18-9-5-6-10(12(7-9)23-4)13-11(14(20)21)8-17-19-13/h5-8H,1-4H3,(H,17,19)(H,18,22)(H,20,21). The van der Waals surface area contributed by atoms with Crippen LogP contribution in [0.3, 0.4) is 0 Å². The Morgan fingerprint density at radius 1 is 1.29 bits per heavy atom. The topological polar surface area (TPSA) is 114 Å². The van der Waals surface area contributed by atoms with Gasteiger partial charge in [-0.05, 0) is 32.9 Å². The molecule has 0 aliphatic carbocycles. The number of anilines is 1. The van der Waals surface area contributed by atoms with E-state index < -0.39 is 17.7 Å². The number of carboxylic acids is 1. The van der Waals surface area contributed by atoms with Crippen molar-refractivity contribution < 1.29 is 24.2 Å². The van der Waals surface area contributed by atoms with E-state index in [-0.39, 0.29) is 5.56 Å². The minimum absolute atomic E-state index is 0.0288. The Morgan fingerprint density at radius 3 is 2.58 bits per heavy atom. The highest BCUT2D eigenvalue weighted by Crippen LogP contribution is 2.33. The second kappa shape index (κ2) is 6.61. The molecule has 1 aromatic heterocycles. The number of ether oxygens (including phenoxy) is 2. The van der Waals surface area contributed by atoms with Crippen molar-refractivity contribution in [1.82, 2.24) is 10.2 Å². The molecule has 0 saturated heterocycles. The number of nitrogens with zero attached hydrogens (tertiary/aromatic N) is 1. The highest BCUT2D eigenvalue weighted by molar-refractivity contribution is 5.96. The summed E-state index contributed by atoms with van der Waals surface area (Å²) in [6.45, 7) is 5.30. The van der Waals surface area contributed by atoms with E-state index in [2.05, 4.69) is 15.5 Å².